The van der Waals surface area contributed by atoms with Gasteiger partial charge in [0, 0.05) is 16.6 Å². The van der Waals surface area contributed by atoms with Crippen molar-refractivity contribution >= 4 is 15.9 Å². The molecule has 102 valence electrons. The summed E-state index contributed by atoms with van der Waals surface area (Å²) in [5.74, 6) is 1.36. The van der Waals surface area contributed by atoms with Crippen molar-refractivity contribution in [2.45, 2.75) is 32.9 Å². The molecule has 1 rings (SSSR count). The lowest BCUT2D eigenvalue weighted by Gasteiger charge is -2.15. The highest BCUT2D eigenvalue weighted by Gasteiger charge is 2.07. The Bertz CT molecular complexity index is 369. The van der Waals surface area contributed by atoms with E-state index in [-0.39, 0.29) is 6.10 Å². The lowest BCUT2D eigenvalue weighted by atomic mass is 10.0. The molecule has 1 aromatic carbocycles. The van der Waals surface area contributed by atoms with Gasteiger partial charge in [0.05, 0.1) is 13.2 Å². The van der Waals surface area contributed by atoms with Crippen LogP contribution < -0.4 is 10.1 Å². The quantitative estimate of drug-likeness (QED) is 0.813. The average molecular weight is 316 g/mol. The predicted molar refractivity (Wildman–Crippen MR) is 77.9 cm³/mol. The molecule has 0 aliphatic heterocycles. The molecule has 2 atom stereocenters. The van der Waals surface area contributed by atoms with Crippen molar-refractivity contribution in [2.24, 2.45) is 5.92 Å². The SMILES string of the molecule is COc1ccc(Br)cc1CNCC(C)CC(C)O. The fourth-order valence-electron chi connectivity index (χ4n) is 2.00. The van der Waals surface area contributed by atoms with E-state index in [4.69, 9.17) is 4.74 Å². The maximum Gasteiger partial charge on any atom is 0.123 e. The third-order valence-electron chi connectivity index (χ3n) is 2.79. The summed E-state index contributed by atoms with van der Waals surface area (Å²) in [6.45, 7) is 5.62. The van der Waals surface area contributed by atoms with Crippen LogP contribution in [0.4, 0.5) is 0 Å². The zero-order valence-electron chi connectivity index (χ0n) is 11.2. The van der Waals surface area contributed by atoms with Crippen molar-refractivity contribution in [1.82, 2.24) is 5.32 Å². The highest BCUT2D eigenvalue weighted by atomic mass is 79.9. The molecule has 0 radical (unpaired) electrons. The Kier molecular flexibility index (Phi) is 6.68. The smallest absolute Gasteiger partial charge is 0.123 e. The number of ether oxygens (including phenoxy) is 1. The highest BCUT2D eigenvalue weighted by Crippen LogP contribution is 2.22. The Balaban J connectivity index is 2.45. The maximum absolute atomic E-state index is 9.30. The van der Waals surface area contributed by atoms with Crippen LogP contribution in [0.25, 0.3) is 0 Å². The first-order chi connectivity index (χ1) is 8.52. The Morgan fingerprint density at radius 3 is 2.72 bits per heavy atom. The Hall–Kier alpha value is -0.580. The molecule has 0 saturated heterocycles. The van der Waals surface area contributed by atoms with Gasteiger partial charge in [-0.3, -0.25) is 0 Å². The monoisotopic (exact) mass is 315 g/mol. The molecule has 0 bridgehead atoms. The van der Waals surface area contributed by atoms with E-state index in [1.165, 1.54) is 0 Å². The van der Waals surface area contributed by atoms with Gasteiger partial charge in [0.2, 0.25) is 0 Å². The number of methoxy groups -OCH3 is 1. The number of halogens is 1. The molecule has 0 spiro atoms. The van der Waals surface area contributed by atoms with E-state index in [0.717, 1.165) is 35.3 Å². The van der Waals surface area contributed by atoms with Crippen LogP contribution in [0.15, 0.2) is 22.7 Å². The summed E-state index contributed by atoms with van der Waals surface area (Å²) >= 11 is 3.46. The molecule has 2 unspecified atom stereocenters. The van der Waals surface area contributed by atoms with Gasteiger partial charge < -0.3 is 15.2 Å². The van der Waals surface area contributed by atoms with E-state index in [1.807, 2.05) is 19.1 Å². The summed E-state index contributed by atoms with van der Waals surface area (Å²) in [5, 5.41) is 12.7. The summed E-state index contributed by atoms with van der Waals surface area (Å²) in [4.78, 5) is 0. The Labute approximate surface area is 118 Å². The largest absolute Gasteiger partial charge is 0.496 e. The van der Waals surface area contributed by atoms with Crippen molar-refractivity contribution in [3.63, 3.8) is 0 Å². The standard InChI is InChI=1S/C14H22BrNO2/c1-10(6-11(2)17)8-16-9-12-7-13(15)4-5-14(12)18-3/h4-5,7,10-11,16-17H,6,8-9H2,1-3H3. The zero-order valence-corrected chi connectivity index (χ0v) is 12.8. The van der Waals surface area contributed by atoms with Crippen molar-refractivity contribution in [3.05, 3.63) is 28.2 Å². The van der Waals surface area contributed by atoms with Gasteiger partial charge in [-0.1, -0.05) is 22.9 Å². The van der Waals surface area contributed by atoms with E-state index in [0.29, 0.717) is 5.92 Å². The number of hydrogen-bond acceptors (Lipinski definition) is 3. The minimum atomic E-state index is -0.234. The van der Waals surface area contributed by atoms with Crippen molar-refractivity contribution < 1.29 is 9.84 Å². The first kappa shape index (κ1) is 15.5. The number of benzene rings is 1. The van der Waals surface area contributed by atoms with Gasteiger partial charge >= 0.3 is 0 Å². The van der Waals surface area contributed by atoms with E-state index in [9.17, 15) is 5.11 Å². The summed E-state index contributed by atoms with van der Waals surface area (Å²) in [7, 11) is 1.68. The fourth-order valence-corrected chi connectivity index (χ4v) is 2.41. The van der Waals surface area contributed by atoms with Gasteiger partial charge in [0.15, 0.2) is 0 Å². The Morgan fingerprint density at radius 1 is 1.39 bits per heavy atom. The molecular formula is C14H22BrNO2. The molecule has 0 amide bonds. The molecule has 0 fully saturated rings. The van der Waals surface area contributed by atoms with E-state index >= 15 is 0 Å². The molecule has 1 aromatic rings. The van der Waals surface area contributed by atoms with Crippen LogP contribution in [0.3, 0.4) is 0 Å². The van der Waals surface area contributed by atoms with E-state index in [1.54, 1.807) is 7.11 Å². The van der Waals surface area contributed by atoms with Crippen molar-refractivity contribution in [3.8, 4) is 5.75 Å². The summed E-state index contributed by atoms with van der Waals surface area (Å²) < 4.78 is 6.37. The maximum atomic E-state index is 9.30. The number of aliphatic hydroxyl groups excluding tert-OH is 1. The van der Waals surface area contributed by atoms with Gasteiger partial charge in [-0.25, -0.2) is 0 Å². The molecule has 0 heterocycles. The normalized spacial score (nSPS) is 14.3. The minimum absolute atomic E-state index is 0.234. The first-order valence-electron chi connectivity index (χ1n) is 6.24. The number of hydrogen-bond donors (Lipinski definition) is 2. The molecule has 2 N–H and O–H groups in total. The molecule has 3 nitrogen and oxygen atoms in total. The average Bonchev–Trinajstić information content (AvgIpc) is 2.28. The fraction of sp³-hybridized carbons (Fsp3) is 0.571. The van der Waals surface area contributed by atoms with Gasteiger partial charge in [-0.15, -0.1) is 0 Å². The summed E-state index contributed by atoms with van der Waals surface area (Å²) in [6, 6.07) is 5.99. The second-order valence-electron chi connectivity index (χ2n) is 4.78. The van der Waals surface area contributed by atoms with Crippen molar-refractivity contribution in [1.29, 1.82) is 0 Å². The van der Waals surface area contributed by atoms with Crippen LogP contribution in [0.2, 0.25) is 0 Å². The Morgan fingerprint density at radius 2 is 2.11 bits per heavy atom. The second kappa shape index (κ2) is 7.77. The summed E-state index contributed by atoms with van der Waals surface area (Å²) in [6.07, 6.45) is 0.588. The first-order valence-corrected chi connectivity index (χ1v) is 7.03. The van der Waals surface area contributed by atoms with E-state index in [2.05, 4.69) is 34.2 Å². The van der Waals surface area contributed by atoms with Crippen LogP contribution in [0, 0.1) is 5.92 Å². The molecule has 0 aliphatic rings. The summed E-state index contributed by atoms with van der Waals surface area (Å²) in [5.41, 5.74) is 1.14. The van der Waals surface area contributed by atoms with Gasteiger partial charge in [0.25, 0.3) is 0 Å². The molecule has 4 heteroatoms. The third kappa shape index (κ3) is 5.38. The van der Waals surface area contributed by atoms with Crippen LogP contribution >= 0.6 is 15.9 Å². The van der Waals surface area contributed by atoms with Crippen LogP contribution in [-0.4, -0.2) is 24.9 Å². The van der Waals surface area contributed by atoms with Gasteiger partial charge in [0.1, 0.15) is 5.75 Å². The van der Waals surface area contributed by atoms with Gasteiger partial charge in [-0.05, 0) is 44.0 Å². The lowest BCUT2D eigenvalue weighted by Crippen LogP contribution is -2.23. The van der Waals surface area contributed by atoms with Gasteiger partial charge in [-0.2, -0.15) is 0 Å². The molecule has 0 aliphatic carbocycles. The number of rotatable bonds is 7. The lowest BCUT2D eigenvalue weighted by molar-refractivity contribution is 0.163. The molecule has 18 heavy (non-hydrogen) atoms. The van der Waals surface area contributed by atoms with Crippen molar-refractivity contribution in [2.75, 3.05) is 13.7 Å². The number of nitrogens with one attached hydrogen (secondary N) is 1. The van der Waals surface area contributed by atoms with Crippen LogP contribution in [-0.2, 0) is 6.54 Å². The number of aliphatic hydroxyl groups is 1. The zero-order chi connectivity index (χ0) is 13.5. The molecule has 0 aromatic heterocycles. The third-order valence-corrected chi connectivity index (χ3v) is 3.29. The minimum Gasteiger partial charge on any atom is -0.496 e. The topological polar surface area (TPSA) is 41.5 Å². The predicted octanol–water partition coefficient (Wildman–Crippen LogP) is 2.95. The molecular weight excluding hydrogens is 294 g/mol. The molecule has 0 saturated carbocycles. The second-order valence-corrected chi connectivity index (χ2v) is 5.69. The van der Waals surface area contributed by atoms with Crippen LogP contribution in [0.5, 0.6) is 5.75 Å². The highest BCUT2D eigenvalue weighted by molar-refractivity contribution is 9.10. The van der Waals surface area contributed by atoms with E-state index < -0.39 is 0 Å². The van der Waals surface area contributed by atoms with Crippen LogP contribution in [0.1, 0.15) is 25.8 Å².